The first kappa shape index (κ1) is 14.3. The van der Waals surface area contributed by atoms with Crippen LogP contribution in [0.15, 0.2) is 24.3 Å². The number of benzene rings is 1. The number of hydrogen-bond donors (Lipinski definition) is 0. The minimum Gasteiger partial charge on any atom is -0.294 e. The SMILES string of the molecule is CC(=O)N(c1ccccc1Cl)C(Cl)C(C)(C)C. The van der Waals surface area contributed by atoms with Crippen LogP contribution in [-0.2, 0) is 4.79 Å². The summed E-state index contributed by atoms with van der Waals surface area (Å²) in [4.78, 5) is 13.3. The number of anilines is 1. The molecule has 1 aromatic carbocycles. The maximum absolute atomic E-state index is 11.8. The lowest BCUT2D eigenvalue weighted by atomic mass is 9.95. The maximum atomic E-state index is 11.8. The zero-order valence-electron chi connectivity index (χ0n) is 10.5. The largest absolute Gasteiger partial charge is 0.294 e. The Morgan fingerprint density at radius 1 is 1.29 bits per heavy atom. The van der Waals surface area contributed by atoms with Crippen molar-refractivity contribution >= 4 is 34.8 Å². The van der Waals surface area contributed by atoms with Gasteiger partial charge in [0.2, 0.25) is 5.91 Å². The van der Waals surface area contributed by atoms with Gasteiger partial charge in [0.05, 0.1) is 10.7 Å². The third-order valence-electron chi connectivity index (χ3n) is 2.39. The molecule has 1 atom stereocenters. The van der Waals surface area contributed by atoms with Crippen molar-refractivity contribution in [2.24, 2.45) is 5.41 Å². The van der Waals surface area contributed by atoms with Crippen molar-refractivity contribution in [3.63, 3.8) is 0 Å². The Hall–Kier alpha value is -0.730. The summed E-state index contributed by atoms with van der Waals surface area (Å²) in [6.45, 7) is 7.44. The van der Waals surface area contributed by atoms with E-state index in [1.807, 2.05) is 32.9 Å². The first-order valence-electron chi connectivity index (χ1n) is 5.43. The molecule has 0 aliphatic rings. The van der Waals surface area contributed by atoms with Gasteiger partial charge < -0.3 is 0 Å². The first-order valence-corrected chi connectivity index (χ1v) is 6.25. The summed E-state index contributed by atoms with van der Waals surface area (Å²) in [7, 11) is 0. The second kappa shape index (κ2) is 5.28. The molecular formula is C13H17Cl2NO. The van der Waals surface area contributed by atoms with E-state index < -0.39 is 5.50 Å². The van der Waals surface area contributed by atoms with Crippen LogP contribution in [0.25, 0.3) is 0 Å². The van der Waals surface area contributed by atoms with E-state index in [2.05, 4.69) is 0 Å². The fourth-order valence-electron chi connectivity index (χ4n) is 1.49. The average molecular weight is 274 g/mol. The number of amides is 1. The van der Waals surface area contributed by atoms with Crippen molar-refractivity contribution in [2.45, 2.75) is 33.2 Å². The standard InChI is InChI=1S/C13H17Cl2NO/c1-9(17)16(12(15)13(2,3)4)11-8-6-5-7-10(11)14/h5-8,12H,1-4H3. The van der Waals surface area contributed by atoms with Gasteiger partial charge in [-0.05, 0) is 17.5 Å². The van der Waals surface area contributed by atoms with Crippen LogP contribution in [-0.4, -0.2) is 11.4 Å². The van der Waals surface area contributed by atoms with Crippen molar-refractivity contribution in [3.05, 3.63) is 29.3 Å². The van der Waals surface area contributed by atoms with Gasteiger partial charge in [-0.2, -0.15) is 0 Å². The lowest BCUT2D eigenvalue weighted by molar-refractivity contribution is -0.117. The average Bonchev–Trinajstić information content (AvgIpc) is 2.19. The van der Waals surface area contributed by atoms with E-state index in [9.17, 15) is 4.79 Å². The highest BCUT2D eigenvalue weighted by atomic mass is 35.5. The van der Waals surface area contributed by atoms with Crippen molar-refractivity contribution in [2.75, 3.05) is 4.90 Å². The summed E-state index contributed by atoms with van der Waals surface area (Å²) in [6.07, 6.45) is 0. The Labute approximate surface area is 113 Å². The number of rotatable bonds is 2. The first-order chi connectivity index (χ1) is 7.75. The van der Waals surface area contributed by atoms with Crippen LogP contribution in [0.4, 0.5) is 5.69 Å². The Bertz CT molecular complexity index is 412. The van der Waals surface area contributed by atoms with E-state index in [0.29, 0.717) is 10.7 Å². The predicted molar refractivity (Wildman–Crippen MR) is 73.7 cm³/mol. The molecule has 1 unspecified atom stereocenters. The van der Waals surface area contributed by atoms with Crippen LogP contribution in [0.2, 0.25) is 5.02 Å². The van der Waals surface area contributed by atoms with E-state index in [-0.39, 0.29) is 11.3 Å². The number of carbonyl (C=O) groups is 1. The number of para-hydroxylation sites is 1. The molecule has 0 saturated heterocycles. The summed E-state index contributed by atoms with van der Waals surface area (Å²) >= 11 is 12.5. The molecular weight excluding hydrogens is 257 g/mol. The molecule has 0 radical (unpaired) electrons. The molecule has 0 fully saturated rings. The second-order valence-electron chi connectivity index (χ2n) is 5.04. The molecule has 0 aromatic heterocycles. The molecule has 0 aliphatic heterocycles. The summed E-state index contributed by atoms with van der Waals surface area (Å²) in [5.74, 6) is -0.118. The van der Waals surface area contributed by atoms with Crippen molar-refractivity contribution in [1.29, 1.82) is 0 Å². The number of nitrogens with zero attached hydrogens (tertiary/aromatic N) is 1. The van der Waals surface area contributed by atoms with Crippen LogP contribution < -0.4 is 4.90 Å². The van der Waals surface area contributed by atoms with Gasteiger partial charge in [-0.1, -0.05) is 56.1 Å². The van der Waals surface area contributed by atoms with Gasteiger partial charge in [0, 0.05) is 6.92 Å². The van der Waals surface area contributed by atoms with E-state index in [1.54, 1.807) is 12.1 Å². The number of hydrogen-bond acceptors (Lipinski definition) is 1. The van der Waals surface area contributed by atoms with E-state index in [0.717, 1.165) is 0 Å². The lowest BCUT2D eigenvalue weighted by Gasteiger charge is -2.35. The molecule has 2 nitrogen and oxygen atoms in total. The van der Waals surface area contributed by atoms with Gasteiger partial charge >= 0.3 is 0 Å². The van der Waals surface area contributed by atoms with Crippen LogP contribution in [0.5, 0.6) is 0 Å². The molecule has 94 valence electrons. The van der Waals surface area contributed by atoms with Crippen LogP contribution >= 0.6 is 23.2 Å². The Morgan fingerprint density at radius 2 is 1.82 bits per heavy atom. The van der Waals surface area contributed by atoms with Gasteiger partial charge in [0.25, 0.3) is 0 Å². The highest BCUT2D eigenvalue weighted by Gasteiger charge is 2.32. The molecule has 0 N–H and O–H groups in total. The second-order valence-corrected chi connectivity index (χ2v) is 5.86. The zero-order chi connectivity index (χ0) is 13.2. The number of alkyl halides is 1. The van der Waals surface area contributed by atoms with Gasteiger partial charge in [-0.15, -0.1) is 0 Å². The minimum absolute atomic E-state index is 0.118. The lowest BCUT2D eigenvalue weighted by Crippen LogP contribution is -2.43. The van der Waals surface area contributed by atoms with E-state index in [4.69, 9.17) is 23.2 Å². The van der Waals surface area contributed by atoms with Crippen molar-refractivity contribution in [3.8, 4) is 0 Å². The maximum Gasteiger partial charge on any atom is 0.225 e. The zero-order valence-corrected chi connectivity index (χ0v) is 12.0. The van der Waals surface area contributed by atoms with Gasteiger partial charge in [-0.25, -0.2) is 0 Å². The fourth-order valence-corrected chi connectivity index (χ4v) is 1.96. The molecule has 0 bridgehead atoms. The van der Waals surface area contributed by atoms with E-state index >= 15 is 0 Å². The van der Waals surface area contributed by atoms with Gasteiger partial charge in [0.1, 0.15) is 5.50 Å². The number of carbonyl (C=O) groups excluding carboxylic acids is 1. The molecule has 17 heavy (non-hydrogen) atoms. The molecule has 0 spiro atoms. The van der Waals surface area contributed by atoms with Crippen molar-refractivity contribution < 1.29 is 4.79 Å². The quantitative estimate of drug-likeness (QED) is 0.581. The van der Waals surface area contributed by atoms with Crippen LogP contribution in [0.3, 0.4) is 0 Å². The van der Waals surface area contributed by atoms with Crippen molar-refractivity contribution in [1.82, 2.24) is 0 Å². The van der Waals surface area contributed by atoms with Gasteiger partial charge in [0.15, 0.2) is 0 Å². The molecule has 0 aliphatic carbocycles. The summed E-state index contributed by atoms with van der Waals surface area (Å²) in [5, 5.41) is 0.526. The minimum atomic E-state index is -0.445. The molecule has 1 amide bonds. The molecule has 1 rings (SSSR count). The third-order valence-corrected chi connectivity index (χ3v) is 3.56. The monoisotopic (exact) mass is 273 g/mol. The molecule has 1 aromatic rings. The van der Waals surface area contributed by atoms with Crippen LogP contribution in [0.1, 0.15) is 27.7 Å². The summed E-state index contributed by atoms with van der Waals surface area (Å²) in [5.41, 5.74) is -0.0247. The van der Waals surface area contributed by atoms with Gasteiger partial charge in [-0.3, -0.25) is 9.69 Å². The summed E-state index contributed by atoms with van der Waals surface area (Å²) < 4.78 is 0. The van der Waals surface area contributed by atoms with Crippen LogP contribution in [0, 0.1) is 5.41 Å². The topological polar surface area (TPSA) is 20.3 Å². The Kier molecular flexibility index (Phi) is 4.45. The number of halogens is 2. The molecule has 0 heterocycles. The highest BCUT2D eigenvalue weighted by molar-refractivity contribution is 6.34. The van der Waals surface area contributed by atoms with E-state index in [1.165, 1.54) is 11.8 Å². The third kappa shape index (κ3) is 3.36. The predicted octanol–water partition coefficient (Wildman–Crippen LogP) is 4.30. The normalized spacial score (nSPS) is 13.3. The smallest absolute Gasteiger partial charge is 0.225 e. The molecule has 4 heteroatoms. The molecule has 0 saturated carbocycles. The summed E-state index contributed by atoms with van der Waals surface area (Å²) in [6, 6.07) is 7.21. The Balaban J connectivity index is 3.20. The highest BCUT2D eigenvalue weighted by Crippen LogP contribution is 2.35. The Morgan fingerprint density at radius 3 is 2.24 bits per heavy atom. The fraction of sp³-hybridized carbons (Fsp3) is 0.462.